The molecule has 1 saturated heterocycles. The molecule has 0 bridgehead atoms. The number of halogens is 1. The number of hydrogen-bond donors (Lipinski definition) is 2. The third kappa shape index (κ3) is 5.48. The van der Waals surface area contributed by atoms with E-state index < -0.39 is 17.8 Å². The maximum atomic E-state index is 12.1. The molecular formula is C17H23ClN4O3. The summed E-state index contributed by atoms with van der Waals surface area (Å²) in [5.74, 6) is 6.17. The van der Waals surface area contributed by atoms with Crippen LogP contribution in [0.4, 0.5) is 10.6 Å². The quantitative estimate of drug-likeness (QED) is 0.616. The summed E-state index contributed by atoms with van der Waals surface area (Å²) < 4.78 is 5.34. The third-order valence-electron chi connectivity index (χ3n) is 3.57. The Balaban J connectivity index is 2.04. The number of carbonyl (C=O) groups excluding carboxylic acids is 1. The molecule has 8 heteroatoms. The maximum absolute atomic E-state index is 12.1. The molecular weight excluding hydrogens is 344 g/mol. The fourth-order valence-corrected chi connectivity index (χ4v) is 2.60. The molecule has 7 nitrogen and oxygen atoms in total. The second-order valence-electron chi connectivity index (χ2n) is 6.81. The molecule has 0 saturated carbocycles. The van der Waals surface area contributed by atoms with Gasteiger partial charge in [0, 0.05) is 12.7 Å². The smallest absolute Gasteiger partial charge is 0.410 e. The molecule has 2 heterocycles. The molecule has 1 aromatic rings. The second kappa shape index (κ2) is 7.89. The number of anilines is 1. The monoisotopic (exact) mass is 366 g/mol. The van der Waals surface area contributed by atoms with E-state index in [1.165, 1.54) is 11.1 Å². The highest BCUT2D eigenvalue weighted by Gasteiger charge is 2.33. The predicted octanol–water partition coefficient (Wildman–Crippen LogP) is 2.28. The molecule has 2 atom stereocenters. The van der Waals surface area contributed by atoms with Gasteiger partial charge in [0.05, 0.1) is 24.3 Å². The van der Waals surface area contributed by atoms with Crippen LogP contribution in [0.5, 0.6) is 0 Å². The number of hydrogen-bond acceptors (Lipinski definition) is 6. The molecule has 1 amide bonds. The molecule has 1 aromatic heterocycles. The molecule has 2 N–H and O–H groups in total. The van der Waals surface area contributed by atoms with Crippen molar-refractivity contribution in [2.24, 2.45) is 0 Å². The Morgan fingerprint density at radius 2 is 2.24 bits per heavy atom. The van der Waals surface area contributed by atoms with Gasteiger partial charge in [0.2, 0.25) is 5.28 Å². The average Bonchev–Trinajstić information content (AvgIpc) is 2.50. The zero-order chi connectivity index (χ0) is 18.6. The van der Waals surface area contributed by atoms with Gasteiger partial charge < -0.3 is 20.1 Å². The highest BCUT2D eigenvalue weighted by Crippen LogP contribution is 2.21. The van der Waals surface area contributed by atoms with E-state index in [0.717, 1.165) is 0 Å². The van der Waals surface area contributed by atoms with Crippen LogP contribution in [0.2, 0.25) is 5.28 Å². The van der Waals surface area contributed by atoms with Crippen LogP contribution in [-0.4, -0.2) is 56.9 Å². The largest absolute Gasteiger partial charge is 0.444 e. The van der Waals surface area contributed by atoms with E-state index in [0.29, 0.717) is 24.3 Å². The van der Waals surface area contributed by atoms with E-state index in [4.69, 9.17) is 16.3 Å². The summed E-state index contributed by atoms with van der Waals surface area (Å²) in [5, 5.41) is 13.7. The summed E-state index contributed by atoms with van der Waals surface area (Å²) in [5.41, 5.74) is 0.0384. The first kappa shape index (κ1) is 19.3. The number of aromatic nitrogens is 2. The number of ether oxygens (including phenoxy) is 1. The lowest BCUT2D eigenvalue weighted by atomic mass is 10.0. The van der Waals surface area contributed by atoms with Gasteiger partial charge >= 0.3 is 6.09 Å². The Bertz CT molecular complexity index is 693. The van der Waals surface area contributed by atoms with Crippen molar-refractivity contribution < 1.29 is 14.6 Å². The third-order valence-corrected chi connectivity index (χ3v) is 3.76. The van der Waals surface area contributed by atoms with Gasteiger partial charge in [0.15, 0.2) is 0 Å². The normalized spacial score (nSPS) is 20.5. The van der Waals surface area contributed by atoms with Crippen LogP contribution in [-0.2, 0) is 4.74 Å². The van der Waals surface area contributed by atoms with Crippen LogP contribution < -0.4 is 5.32 Å². The van der Waals surface area contributed by atoms with Gasteiger partial charge in [-0.25, -0.2) is 9.78 Å². The fraction of sp³-hybridized carbons (Fsp3) is 0.588. The molecule has 0 aliphatic carbocycles. The Morgan fingerprint density at radius 3 is 2.84 bits per heavy atom. The number of nitrogens with zero attached hydrogens (tertiary/aromatic N) is 3. The first-order chi connectivity index (χ1) is 11.7. The van der Waals surface area contributed by atoms with Crippen molar-refractivity contribution in [2.45, 2.75) is 51.9 Å². The number of likely N-dealkylation sites (tertiary alicyclic amines) is 1. The molecule has 1 fully saturated rings. The highest BCUT2D eigenvalue weighted by molar-refractivity contribution is 6.28. The van der Waals surface area contributed by atoms with Crippen molar-refractivity contribution in [1.82, 2.24) is 14.9 Å². The van der Waals surface area contributed by atoms with Gasteiger partial charge in [-0.1, -0.05) is 5.92 Å². The summed E-state index contributed by atoms with van der Waals surface area (Å²) in [6, 6.07) is -0.276. The van der Waals surface area contributed by atoms with E-state index in [1.807, 2.05) is 20.8 Å². The number of carbonyl (C=O) groups is 1. The topological polar surface area (TPSA) is 87.6 Å². The first-order valence-corrected chi connectivity index (χ1v) is 8.45. The maximum Gasteiger partial charge on any atom is 0.410 e. The molecule has 0 spiro atoms. The van der Waals surface area contributed by atoms with Gasteiger partial charge in [-0.2, -0.15) is 4.98 Å². The van der Waals surface area contributed by atoms with Crippen molar-refractivity contribution in [1.29, 1.82) is 0 Å². The van der Waals surface area contributed by atoms with Gasteiger partial charge in [0.25, 0.3) is 0 Å². The number of amides is 1. The number of aliphatic hydroxyl groups is 1. The number of nitrogens with one attached hydrogen (secondary N) is 1. The van der Waals surface area contributed by atoms with Gasteiger partial charge in [-0.05, 0) is 45.7 Å². The fourth-order valence-electron chi connectivity index (χ4n) is 2.46. The Hall–Kier alpha value is -2.04. The summed E-state index contributed by atoms with van der Waals surface area (Å²) in [6.45, 7) is 7.80. The number of rotatable bonds is 2. The van der Waals surface area contributed by atoms with Crippen LogP contribution in [0, 0.1) is 11.8 Å². The molecule has 136 valence electrons. The SMILES string of the molecule is CC#Cc1cnc(Cl)nc1NC1CCN(C(=O)OC(C)(C)C)CC1O. The molecule has 2 rings (SSSR count). The second-order valence-corrected chi connectivity index (χ2v) is 7.15. The zero-order valence-corrected chi connectivity index (χ0v) is 15.6. The highest BCUT2D eigenvalue weighted by atomic mass is 35.5. The van der Waals surface area contributed by atoms with Gasteiger partial charge in [-0.15, -0.1) is 5.92 Å². The molecule has 0 aromatic carbocycles. The molecule has 0 radical (unpaired) electrons. The van der Waals surface area contributed by atoms with Crippen molar-refractivity contribution in [3.63, 3.8) is 0 Å². The lowest BCUT2D eigenvalue weighted by Gasteiger charge is -2.37. The van der Waals surface area contributed by atoms with E-state index >= 15 is 0 Å². The Labute approximate surface area is 152 Å². The summed E-state index contributed by atoms with van der Waals surface area (Å²) >= 11 is 5.85. The standard InChI is InChI=1S/C17H23ClN4O3/c1-5-6-11-9-19-15(18)21-14(11)20-12-7-8-22(10-13(12)23)16(24)25-17(2,3)4/h9,12-13,23H,7-8,10H2,1-4H3,(H,19,20,21). The van der Waals surface area contributed by atoms with Crippen LogP contribution >= 0.6 is 11.6 Å². The van der Waals surface area contributed by atoms with Crippen LogP contribution in [0.1, 0.15) is 39.7 Å². The molecule has 1 aliphatic heterocycles. The summed E-state index contributed by atoms with van der Waals surface area (Å²) in [7, 11) is 0. The molecule has 1 aliphatic rings. The van der Waals surface area contributed by atoms with E-state index in [-0.39, 0.29) is 17.9 Å². The first-order valence-electron chi connectivity index (χ1n) is 8.07. The van der Waals surface area contributed by atoms with Crippen molar-refractivity contribution in [3.8, 4) is 11.8 Å². The lowest BCUT2D eigenvalue weighted by molar-refractivity contribution is 0.00116. The van der Waals surface area contributed by atoms with E-state index in [1.54, 1.807) is 6.92 Å². The van der Waals surface area contributed by atoms with Crippen molar-refractivity contribution in [2.75, 3.05) is 18.4 Å². The summed E-state index contributed by atoms with van der Waals surface area (Å²) in [4.78, 5) is 21.7. The van der Waals surface area contributed by atoms with Crippen LogP contribution in [0.3, 0.4) is 0 Å². The van der Waals surface area contributed by atoms with Gasteiger partial charge in [0.1, 0.15) is 11.4 Å². The minimum Gasteiger partial charge on any atom is -0.444 e. The van der Waals surface area contributed by atoms with E-state index in [9.17, 15) is 9.90 Å². The van der Waals surface area contributed by atoms with Crippen molar-refractivity contribution >= 4 is 23.5 Å². The van der Waals surface area contributed by atoms with E-state index in [2.05, 4.69) is 27.1 Å². The minimum atomic E-state index is -0.766. The average molecular weight is 367 g/mol. The Morgan fingerprint density at radius 1 is 1.52 bits per heavy atom. The minimum absolute atomic E-state index is 0.102. The Kier molecular flexibility index (Phi) is 6.09. The predicted molar refractivity (Wildman–Crippen MR) is 95.4 cm³/mol. The number of piperidine rings is 1. The van der Waals surface area contributed by atoms with Gasteiger partial charge in [-0.3, -0.25) is 0 Å². The van der Waals surface area contributed by atoms with Crippen LogP contribution in [0.15, 0.2) is 6.20 Å². The summed E-state index contributed by atoms with van der Waals surface area (Å²) in [6.07, 6.45) is 0.891. The molecule has 25 heavy (non-hydrogen) atoms. The number of aliphatic hydroxyl groups excluding tert-OH is 1. The van der Waals surface area contributed by atoms with Crippen LogP contribution in [0.25, 0.3) is 0 Å². The number of β-amino-alcohol motifs (C(OH)–C–C–N with tert-alkyl or cyclic N) is 1. The lowest BCUT2D eigenvalue weighted by Crippen LogP contribution is -2.52. The molecule has 2 unspecified atom stereocenters. The van der Waals surface area contributed by atoms with Crippen molar-refractivity contribution in [3.05, 3.63) is 17.0 Å². The zero-order valence-electron chi connectivity index (χ0n) is 14.8.